The van der Waals surface area contributed by atoms with Gasteiger partial charge in [0.25, 0.3) is 5.91 Å². The van der Waals surface area contributed by atoms with E-state index in [1.807, 2.05) is 25.1 Å². The number of thioether (sulfide) groups is 1. The Kier molecular flexibility index (Phi) is 7.56. The minimum Gasteiger partial charge on any atom is -0.478 e. The molecule has 0 heterocycles. The van der Waals surface area contributed by atoms with Crippen molar-refractivity contribution in [1.29, 1.82) is 0 Å². The van der Waals surface area contributed by atoms with Crippen LogP contribution in [-0.2, 0) is 4.79 Å². The standard InChI is InChI=1S/C24H21ClN2O4S/c1-14-6-8-16(9-7-14)23(29)27-17-4-3-5-19(12-17)32-15(2)22(28)26-18-10-11-21(25)20(13-18)24(30)31/h3-13,15H,1-2H3,(H,26,28)(H,27,29)(H,30,31). The monoisotopic (exact) mass is 468 g/mol. The molecule has 164 valence electrons. The van der Waals surface area contributed by atoms with Gasteiger partial charge in [-0.15, -0.1) is 11.8 Å². The topological polar surface area (TPSA) is 95.5 Å². The second-order valence-corrected chi connectivity index (χ2v) is 8.92. The molecule has 1 unspecified atom stereocenters. The lowest BCUT2D eigenvalue weighted by molar-refractivity contribution is -0.115. The van der Waals surface area contributed by atoms with Gasteiger partial charge < -0.3 is 15.7 Å². The molecule has 0 aliphatic carbocycles. The Balaban J connectivity index is 1.63. The molecule has 0 aliphatic rings. The summed E-state index contributed by atoms with van der Waals surface area (Å²) in [5.74, 6) is -1.67. The van der Waals surface area contributed by atoms with Crippen molar-refractivity contribution in [3.8, 4) is 0 Å². The zero-order chi connectivity index (χ0) is 23.3. The molecule has 2 amide bonds. The Morgan fingerprint density at radius 1 is 0.938 bits per heavy atom. The second kappa shape index (κ2) is 10.3. The van der Waals surface area contributed by atoms with E-state index in [0.29, 0.717) is 16.9 Å². The van der Waals surface area contributed by atoms with E-state index in [2.05, 4.69) is 10.6 Å². The molecule has 3 aromatic carbocycles. The van der Waals surface area contributed by atoms with Crippen molar-refractivity contribution in [2.45, 2.75) is 24.0 Å². The van der Waals surface area contributed by atoms with Crippen molar-refractivity contribution >= 4 is 52.5 Å². The molecule has 1 atom stereocenters. The van der Waals surface area contributed by atoms with Gasteiger partial charge in [0.05, 0.1) is 15.8 Å². The first-order valence-corrected chi connectivity index (χ1v) is 11.0. The molecule has 3 aromatic rings. The summed E-state index contributed by atoms with van der Waals surface area (Å²) in [7, 11) is 0. The number of halogens is 1. The average molecular weight is 469 g/mol. The van der Waals surface area contributed by atoms with Crippen LogP contribution in [0.25, 0.3) is 0 Å². The van der Waals surface area contributed by atoms with Crippen LogP contribution < -0.4 is 10.6 Å². The predicted molar refractivity (Wildman–Crippen MR) is 128 cm³/mol. The van der Waals surface area contributed by atoms with Crippen molar-refractivity contribution in [3.63, 3.8) is 0 Å². The van der Waals surface area contributed by atoms with E-state index in [1.54, 1.807) is 43.3 Å². The minimum absolute atomic E-state index is 0.0817. The number of carbonyl (C=O) groups excluding carboxylic acids is 2. The van der Waals surface area contributed by atoms with Gasteiger partial charge in [0.2, 0.25) is 5.91 Å². The summed E-state index contributed by atoms with van der Waals surface area (Å²) in [6, 6.07) is 18.8. The fraction of sp³-hybridized carbons (Fsp3) is 0.125. The second-order valence-electron chi connectivity index (χ2n) is 7.10. The smallest absolute Gasteiger partial charge is 0.337 e. The van der Waals surface area contributed by atoms with Crippen LogP contribution in [0.5, 0.6) is 0 Å². The van der Waals surface area contributed by atoms with Crippen molar-refractivity contribution < 1.29 is 19.5 Å². The van der Waals surface area contributed by atoms with Crippen LogP contribution in [-0.4, -0.2) is 28.1 Å². The number of hydrogen-bond acceptors (Lipinski definition) is 4. The summed E-state index contributed by atoms with van der Waals surface area (Å²) in [4.78, 5) is 37.0. The molecule has 0 spiro atoms. The van der Waals surface area contributed by atoms with Crippen LogP contribution in [0, 0.1) is 6.92 Å². The van der Waals surface area contributed by atoms with Crippen molar-refractivity contribution in [1.82, 2.24) is 0 Å². The number of hydrogen-bond donors (Lipinski definition) is 3. The van der Waals surface area contributed by atoms with Gasteiger partial charge in [-0.2, -0.15) is 0 Å². The number of aryl methyl sites for hydroxylation is 1. The van der Waals surface area contributed by atoms with Gasteiger partial charge >= 0.3 is 5.97 Å². The zero-order valence-corrected chi connectivity index (χ0v) is 19.0. The highest BCUT2D eigenvalue weighted by Gasteiger charge is 2.17. The number of anilines is 2. The van der Waals surface area contributed by atoms with E-state index in [0.717, 1.165) is 10.5 Å². The number of carboxylic acids is 1. The normalized spacial score (nSPS) is 11.5. The highest BCUT2D eigenvalue weighted by Crippen LogP contribution is 2.27. The van der Waals surface area contributed by atoms with Gasteiger partial charge in [-0.05, 0) is 62.4 Å². The van der Waals surface area contributed by atoms with Crippen molar-refractivity contribution in [2.75, 3.05) is 10.6 Å². The SMILES string of the molecule is Cc1ccc(C(=O)Nc2cccc(SC(C)C(=O)Nc3ccc(Cl)c(C(=O)O)c3)c2)cc1. The van der Waals surface area contributed by atoms with Gasteiger partial charge in [-0.1, -0.05) is 35.4 Å². The molecular weight excluding hydrogens is 448 g/mol. The zero-order valence-electron chi connectivity index (χ0n) is 17.4. The Hall–Kier alpha value is -3.29. The molecule has 6 nitrogen and oxygen atoms in total. The lowest BCUT2D eigenvalue weighted by Gasteiger charge is -2.14. The van der Waals surface area contributed by atoms with E-state index >= 15 is 0 Å². The molecule has 32 heavy (non-hydrogen) atoms. The number of amides is 2. The fourth-order valence-electron chi connectivity index (χ4n) is 2.82. The van der Waals surface area contributed by atoms with Crippen LogP contribution in [0.1, 0.15) is 33.2 Å². The summed E-state index contributed by atoms with van der Waals surface area (Å²) in [5, 5.41) is 14.4. The first kappa shape index (κ1) is 23.4. The molecule has 0 bridgehead atoms. The summed E-state index contributed by atoms with van der Waals surface area (Å²) >= 11 is 7.18. The Bertz CT molecular complexity index is 1160. The molecule has 0 fully saturated rings. The van der Waals surface area contributed by atoms with Crippen LogP contribution in [0.4, 0.5) is 11.4 Å². The molecule has 8 heteroatoms. The molecule has 3 rings (SSSR count). The summed E-state index contributed by atoms with van der Waals surface area (Å²) in [6.07, 6.45) is 0. The lowest BCUT2D eigenvalue weighted by Crippen LogP contribution is -2.22. The van der Waals surface area contributed by atoms with Crippen molar-refractivity contribution in [2.24, 2.45) is 0 Å². The highest BCUT2D eigenvalue weighted by atomic mass is 35.5. The molecule has 0 aromatic heterocycles. The fourth-order valence-corrected chi connectivity index (χ4v) is 3.95. The predicted octanol–water partition coefficient (Wildman–Crippen LogP) is 5.72. The maximum absolute atomic E-state index is 12.6. The number of benzene rings is 3. The molecule has 0 radical (unpaired) electrons. The van der Waals surface area contributed by atoms with E-state index in [-0.39, 0.29) is 22.4 Å². The van der Waals surface area contributed by atoms with Gasteiger partial charge in [0.1, 0.15) is 0 Å². The number of nitrogens with one attached hydrogen (secondary N) is 2. The quantitative estimate of drug-likeness (QED) is 0.385. The number of aromatic carboxylic acids is 1. The average Bonchev–Trinajstić information content (AvgIpc) is 2.75. The maximum atomic E-state index is 12.6. The largest absolute Gasteiger partial charge is 0.478 e. The molecule has 0 saturated carbocycles. The molecule has 3 N–H and O–H groups in total. The van der Waals surface area contributed by atoms with Crippen LogP contribution in [0.2, 0.25) is 5.02 Å². The minimum atomic E-state index is -1.17. The van der Waals surface area contributed by atoms with Crippen LogP contribution >= 0.6 is 23.4 Å². The van der Waals surface area contributed by atoms with Gasteiger partial charge in [0, 0.05) is 21.8 Å². The molecule has 0 saturated heterocycles. The first-order chi connectivity index (χ1) is 15.2. The lowest BCUT2D eigenvalue weighted by atomic mass is 10.1. The van der Waals surface area contributed by atoms with Crippen molar-refractivity contribution in [3.05, 3.63) is 88.4 Å². The maximum Gasteiger partial charge on any atom is 0.337 e. The third-order valence-corrected chi connectivity index (χ3v) is 5.98. The molecule has 0 aliphatic heterocycles. The number of carbonyl (C=O) groups is 3. The number of rotatable bonds is 7. The summed E-state index contributed by atoms with van der Waals surface area (Å²) < 4.78 is 0. The van der Waals surface area contributed by atoms with Gasteiger partial charge in [0.15, 0.2) is 0 Å². The molecular formula is C24H21ClN2O4S. The highest BCUT2D eigenvalue weighted by molar-refractivity contribution is 8.00. The summed E-state index contributed by atoms with van der Waals surface area (Å²) in [6.45, 7) is 3.70. The summed E-state index contributed by atoms with van der Waals surface area (Å²) in [5.41, 5.74) is 2.53. The van der Waals surface area contributed by atoms with E-state index in [1.165, 1.54) is 23.9 Å². The van der Waals surface area contributed by atoms with E-state index < -0.39 is 11.2 Å². The van der Waals surface area contributed by atoms with E-state index in [4.69, 9.17) is 11.6 Å². The third-order valence-electron chi connectivity index (χ3n) is 4.55. The Morgan fingerprint density at radius 3 is 2.31 bits per heavy atom. The van der Waals surface area contributed by atoms with E-state index in [9.17, 15) is 19.5 Å². The van der Waals surface area contributed by atoms with Crippen LogP contribution in [0.3, 0.4) is 0 Å². The number of carboxylic acid groups (broad SMARTS) is 1. The Morgan fingerprint density at radius 2 is 1.62 bits per heavy atom. The van der Waals surface area contributed by atoms with Gasteiger partial charge in [-0.3, -0.25) is 9.59 Å². The van der Waals surface area contributed by atoms with Gasteiger partial charge in [-0.25, -0.2) is 4.79 Å². The first-order valence-electron chi connectivity index (χ1n) is 9.71. The van der Waals surface area contributed by atoms with Crippen LogP contribution in [0.15, 0.2) is 71.6 Å². The Labute approximate surface area is 195 Å². The third kappa shape index (κ3) is 6.12.